The van der Waals surface area contributed by atoms with Gasteiger partial charge in [-0.15, -0.1) is 12.4 Å². The molecule has 3 rings (SSSR count). The predicted octanol–water partition coefficient (Wildman–Crippen LogP) is 1.17. The number of nitrogens with zero attached hydrogens (tertiary/aromatic N) is 2. The minimum Gasteiger partial charge on any atom is -0.378 e. The molecule has 1 unspecified atom stereocenters. The summed E-state index contributed by atoms with van der Waals surface area (Å²) in [5, 5.41) is 3.23. The first-order valence-corrected chi connectivity index (χ1v) is 8.29. The van der Waals surface area contributed by atoms with Crippen LogP contribution in [0.3, 0.4) is 0 Å². The number of hydrogen-bond donors (Lipinski definition) is 1. The van der Waals surface area contributed by atoms with Crippen molar-refractivity contribution in [1.29, 1.82) is 0 Å². The van der Waals surface area contributed by atoms with Gasteiger partial charge in [0.25, 0.3) is 5.91 Å². The van der Waals surface area contributed by atoms with Gasteiger partial charge in [0.05, 0.1) is 23.8 Å². The van der Waals surface area contributed by atoms with Gasteiger partial charge in [-0.1, -0.05) is 17.7 Å². The van der Waals surface area contributed by atoms with E-state index in [4.69, 9.17) is 16.3 Å². The molecular weight excluding hydrogens is 372 g/mol. The van der Waals surface area contributed by atoms with E-state index in [2.05, 4.69) is 5.32 Å². The lowest BCUT2D eigenvalue weighted by atomic mass is 10.1. The second kappa shape index (κ2) is 8.80. The average molecular weight is 392 g/mol. The van der Waals surface area contributed by atoms with Crippen molar-refractivity contribution in [2.75, 3.05) is 45.9 Å². The number of nitrogens with one attached hydrogen (secondary N) is 1. The fourth-order valence-electron chi connectivity index (χ4n) is 2.93. The average Bonchev–Trinajstić information content (AvgIpc) is 2.62. The first-order valence-electron chi connectivity index (χ1n) is 7.91. The molecule has 1 aromatic rings. The van der Waals surface area contributed by atoms with Gasteiger partial charge < -0.3 is 19.9 Å². The maximum absolute atomic E-state index is 13.9. The number of rotatable bonds is 2. The number of morpholine rings is 1. The third-order valence-corrected chi connectivity index (χ3v) is 4.59. The summed E-state index contributed by atoms with van der Waals surface area (Å²) in [6.07, 6.45) is 0. The van der Waals surface area contributed by atoms with Crippen LogP contribution in [0.5, 0.6) is 0 Å². The molecule has 0 bridgehead atoms. The quantitative estimate of drug-likeness (QED) is 0.821. The zero-order chi connectivity index (χ0) is 17.1. The summed E-state index contributed by atoms with van der Waals surface area (Å²) in [7, 11) is 0. The van der Waals surface area contributed by atoms with Crippen LogP contribution in [0.2, 0.25) is 5.02 Å². The van der Waals surface area contributed by atoms with Gasteiger partial charge in [-0.2, -0.15) is 0 Å². The van der Waals surface area contributed by atoms with Gasteiger partial charge in [0.15, 0.2) is 0 Å². The highest BCUT2D eigenvalue weighted by Gasteiger charge is 2.31. The molecule has 1 aromatic carbocycles. The summed E-state index contributed by atoms with van der Waals surface area (Å²) in [5.41, 5.74) is -0.110. The molecule has 2 amide bonds. The fraction of sp³-hybridized carbons (Fsp3) is 0.500. The summed E-state index contributed by atoms with van der Waals surface area (Å²) in [6.45, 7) is 3.15. The van der Waals surface area contributed by atoms with E-state index < -0.39 is 11.7 Å². The SMILES string of the molecule is Cl.O=C(c1c(F)cccc1Cl)N1CCN(C(=O)C2COCCN2)CC1. The Labute approximate surface area is 156 Å². The molecule has 0 aromatic heterocycles. The Morgan fingerprint density at radius 2 is 1.88 bits per heavy atom. The maximum atomic E-state index is 13.9. The van der Waals surface area contributed by atoms with Crippen LogP contribution < -0.4 is 5.32 Å². The molecule has 1 N–H and O–H groups in total. The van der Waals surface area contributed by atoms with Crippen LogP contribution in [0.25, 0.3) is 0 Å². The molecule has 0 saturated carbocycles. The zero-order valence-corrected chi connectivity index (χ0v) is 15.1. The Hall–Kier alpha value is -1.41. The van der Waals surface area contributed by atoms with Crippen LogP contribution in [-0.4, -0.2) is 73.6 Å². The molecule has 1 atom stereocenters. The van der Waals surface area contributed by atoms with Crippen molar-refractivity contribution in [3.63, 3.8) is 0 Å². The highest BCUT2D eigenvalue weighted by molar-refractivity contribution is 6.33. The van der Waals surface area contributed by atoms with Crippen molar-refractivity contribution in [3.8, 4) is 0 Å². The lowest BCUT2D eigenvalue weighted by Crippen LogP contribution is -2.57. The summed E-state index contributed by atoms with van der Waals surface area (Å²) in [6, 6.07) is 3.84. The normalized spacial score (nSPS) is 20.8. The molecule has 2 saturated heterocycles. The third-order valence-electron chi connectivity index (χ3n) is 4.27. The van der Waals surface area contributed by atoms with Crippen molar-refractivity contribution in [3.05, 3.63) is 34.6 Å². The van der Waals surface area contributed by atoms with Crippen molar-refractivity contribution in [1.82, 2.24) is 15.1 Å². The van der Waals surface area contributed by atoms with E-state index in [1.165, 1.54) is 23.1 Å². The number of amides is 2. The van der Waals surface area contributed by atoms with E-state index in [1.54, 1.807) is 4.90 Å². The van der Waals surface area contributed by atoms with Gasteiger partial charge in [-0.05, 0) is 12.1 Å². The lowest BCUT2D eigenvalue weighted by Gasteiger charge is -2.37. The van der Waals surface area contributed by atoms with E-state index in [0.29, 0.717) is 45.9 Å². The van der Waals surface area contributed by atoms with Gasteiger partial charge in [0, 0.05) is 32.7 Å². The number of ether oxygens (including phenoxy) is 1. The van der Waals surface area contributed by atoms with Crippen molar-refractivity contribution in [2.24, 2.45) is 0 Å². The Morgan fingerprint density at radius 3 is 2.48 bits per heavy atom. The smallest absolute Gasteiger partial charge is 0.258 e. The van der Waals surface area contributed by atoms with Crippen LogP contribution in [0.15, 0.2) is 18.2 Å². The summed E-state index contributed by atoms with van der Waals surface area (Å²) >= 11 is 5.95. The Morgan fingerprint density at radius 1 is 1.20 bits per heavy atom. The summed E-state index contributed by atoms with van der Waals surface area (Å²) < 4.78 is 19.2. The minimum absolute atomic E-state index is 0. The van der Waals surface area contributed by atoms with E-state index in [-0.39, 0.29) is 34.9 Å². The monoisotopic (exact) mass is 391 g/mol. The standard InChI is InChI=1S/C16H19ClFN3O3.ClH/c17-11-2-1-3-12(18)14(11)16(23)21-7-5-20(6-8-21)15(22)13-10-24-9-4-19-13;/h1-3,13,19H,4-10H2;1H. The van der Waals surface area contributed by atoms with E-state index in [9.17, 15) is 14.0 Å². The van der Waals surface area contributed by atoms with Crippen molar-refractivity contribution < 1.29 is 18.7 Å². The topological polar surface area (TPSA) is 61.9 Å². The summed E-state index contributed by atoms with van der Waals surface area (Å²) in [4.78, 5) is 28.1. The largest absolute Gasteiger partial charge is 0.378 e. The molecular formula is C16H20Cl2FN3O3. The van der Waals surface area contributed by atoms with Crippen molar-refractivity contribution in [2.45, 2.75) is 6.04 Å². The first-order chi connectivity index (χ1) is 11.6. The van der Waals surface area contributed by atoms with Gasteiger partial charge in [0.1, 0.15) is 11.9 Å². The first kappa shape index (κ1) is 19.9. The number of benzene rings is 1. The molecule has 2 heterocycles. The molecule has 2 aliphatic heterocycles. The fourth-order valence-corrected chi connectivity index (χ4v) is 3.18. The number of hydrogen-bond acceptors (Lipinski definition) is 4. The molecule has 138 valence electrons. The zero-order valence-electron chi connectivity index (χ0n) is 13.5. The number of halogens is 3. The molecule has 6 nitrogen and oxygen atoms in total. The molecule has 0 spiro atoms. The van der Waals surface area contributed by atoms with Crippen LogP contribution in [0, 0.1) is 5.82 Å². The molecule has 2 aliphatic rings. The number of carbonyl (C=O) groups is 2. The van der Waals surface area contributed by atoms with Gasteiger partial charge in [-0.3, -0.25) is 9.59 Å². The molecule has 25 heavy (non-hydrogen) atoms. The van der Waals surface area contributed by atoms with Crippen LogP contribution in [-0.2, 0) is 9.53 Å². The van der Waals surface area contributed by atoms with E-state index in [1.807, 2.05) is 0 Å². The van der Waals surface area contributed by atoms with Crippen LogP contribution >= 0.6 is 24.0 Å². The minimum atomic E-state index is -0.630. The summed E-state index contributed by atoms with van der Waals surface area (Å²) in [5.74, 6) is -1.09. The van der Waals surface area contributed by atoms with Gasteiger partial charge in [-0.25, -0.2) is 4.39 Å². The molecule has 2 fully saturated rings. The van der Waals surface area contributed by atoms with Crippen molar-refractivity contribution >= 4 is 35.8 Å². The van der Waals surface area contributed by atoms with Gasteiger partial charge in [0.2, 0.25) is 5.91 Å². The third kappa shape index (κ3) is 4.41. The van der Waals surface area contributed by atoms with Crippen LogP contribution in [0.4, 0.5) is 4.39 Å². The van der Waals surface area contributed by atoms with Crippen LogP contribution in [0.1, 0.15) is 10.4 Å². The maximum Gasteiger partial charge on any atom is 0.258 e. The highest BCUT2D eigenvalue weighted by atomic mass is 35.5. The van der Waals surface area contributed by atoms with E-state index >= 15 is 0 Å². The van der Waals surface area contributed by atoms with Gasteiger partial charge >= 0.3 is 0 Å². The Kier molecular flexibility index (Phi) is 7.01. The van der Waals surface area contributed by atoms with E-state index in [0.717, 1.165) is 0 Å². The number of piperazine rings is 1. The molecule has 0 aliphatic carbocycles. The molecule has 9 heteroatoms. The lowest BCUT2D eigenvalue weighted by molar-refractivity contribution is -0.137. The highest BCUT2D eigenvalue weighted by Crippen LogP contribution is 2.21. The second-order valence-corrected chi connectivity index (χ2v) is 6.20. The second-order valence-electron chi connectivity index (χ2n) is 5.80. The predicted molar refractivity (Wildman–Crippen MR) is 93.8 cm³/mol. The Bertz CT molecular complexity index is 613. The molecule has 0 radical (unpaired) electrons. The Balaban J connectivity index is 0.00000225. The number of carbonyl (C=O) groups excluding carboxylic acids is 2.